The number of nitrogens with zero attached hydrogens (tertiary/aromatic N) is 2. The maximum atomic E-state index is 11.7. The lowest BCUT2D eigenvalue weighted by molar-refractivity contribution is 0.0995. The fourth-order valence-corrected chi connectivity index (χ4v) is 1.23. The molecule has 2 aromatic rings. The first kappa shape index (κ1) is 10.8. The highest BCUT2D eigenvalue weighted by molar-refractivity contribution is 6.04. The number of aromatic nitrogens is 3. The van der Waals surface area contributed by atoms with E-state index in [1.165, 1.54) is 30.6 Å². The van der Waals surface area contributed by atoms with Crippen LogP contribution in [-0.4, -0.2) is 27.0 Å². The van der Waals surface area contributed by atoms with Crippen molar-refractivity contribution in [3.05, 3.63) is 41.7 Å². The number of H-pyrrole nitrogens is 1. The molecule has 0 saturated heterocycles. The molecular formula is C10H9N5O2. The minimum absolute atomic E-state index is 0.258. The van der Waals surface area contributed by atoms with Crippen molar-refractivity contribution in [1.29, 1.82) is 0 Å². The van der Waals surface area contributed by atoms with E-state index in [2.05, 4.69) is 20.5 Å². The molecule has 4 N–H and O–H groups in total. The van der Waals surface area contributed by atoms with Crippen LogP contribution in [0.3, 0.4) is 0 Å². The predicted octanol–water partition coefficient (Wildman–Crippen LogP) is 0.156. The third kappa shape index (κ3) is 2.46. The number of primary amides is 1. The Bertz CT molecular complexity index is 532. The number of amides is 2. The summed E-state index contributed by atoms with van der Waals surface area (Å²) in [6.07, 6.45) is 1.28. The van der Waals surface area contributed by atoms with Crippen molar-refractivity contribution >= 4 is 17.8 Å². The molecule has 2 amide bonds. The van der Waals surface area contributed by atoms with Gasteiger partial charge in [-0.15, -0.1) is 0 Å². The lowest BCUT2D eigenvalue weighted by Crippen LogP contribution is -2.14. The van der Waals surface area contributed by atoms with Gasteiger partial charge in [-0.1, -0.05) is 0 Å². The van der Waals surface area contributed by atoms with Gasteiger partial charge in [-0.05, 0) is 24.3 Å². The quantitative estimate of drug-likeness (QED) is 0.697. The molecular weight excluding hydrogens is 222 g/mol. The van der Waals surface area contributed by atoms with Crippen LogP contribution in [0.5, 0.6) is 0 Å². The number of hydrogen-bond acceptors (Lipinski definition) is 4. The first-order chi connectivity index (χ1) is 8.16. The molecule has 7 heteroatoms. The number of benzene rings is 1. The molecule has 0 aliphatic rings. The highest BCUT2D eigenvalue weighted by Gasteiger charge is 2.08. The minimum atomic E-state index is -0.535. The van der Waals surface area contributed by atoms with Crippen LogP contribution in [0, 0.1) is 0 Å². The Morgan fingerprint density at radius 3 is 2.35 bits per heavy atom. The van der Waals surface area contributed by atoms with Gasteiger partial charge in [-0.2, -0.15) is 10.1 Å². The van der Waals surface area contributed by atoms with Gasteiger partial charge in [-0.25, -0.2) is 5.10 Å². The largest absolute Gasteiger partial charge is 0.366 e. The molecule has 0 aliphatic carbocycles. The molecule has 0 fully saturated rings. The Morgan fingerprint density at radius 2 is 1.82 bits per heavy atom. The zero-order chi connectivity index (χ0) is 12.3. The van der Waals surface area contributed by atoms with E-state index in [0.717, 1.165) is 0 Å². The number of nitrogens with two attached hydrogens (primary N) is 1. The summed E-state index contributed by atoms with van der Waals surface area (Å²) in [7, 11) is 0. The Hall–Kier alpha value is -2.70. The number of rotatable bonds is 3. The van der Waals surface area contributed by atoms with Gasteiger partial charge < -0.3 is 5.73 Å². The van der Waals surface area contributed by atoms with Crippen molar-refractivity contribution in [2.75, 3.05) is 5.32 Å². The maximum absolute atomic E-state index is 11.7. The molecule has 0 radical (unpaired) electrons. The Labute approximate surface area is 96.0 Å². The molecule has 2 rings (SSSR count). The summed E-state index contributed by atoms with van der Waals surface area (Å²) in [5.74, 6) is -0.626. The Morgan fingerprint density at radius 1 is 1.18 bits per heavy atom. The molecule has 0 atom stereocenters. The SMILES string of the molecule is NC(=O)c1ccc(C(=O)Nc2ncn[nH]2)cc1. The van der Waals surface area contributed by atoms with Crippen LogP contribution in [-0.2, 0) is 0 Å². The Balaban J connectivity index is 2.12. The van der Waals surface area contributed by atoms with Crippen LogP contribution in [0.1, 0.15) is 20.7 Å². The van der Waals surface area contributed by atoms with Gasteiger partial charge in [0.15, 0.2) is 0 Å². The van der Waals surface area contributed by atoms with Gasteiger partial charge in [-0.3, -0.25) is 14.9 Å². The van der Waals surface area contributed by atoms with Crippen LogP contribution in [0.4, 0.5) is 5.95 Å². The van der Waals surface area contributed by atoms with Crippen molar-refractivity contribution in [2.24, 2.45) is 5.73 Å². The fourth-order valence-electron chi connectivity index (χ4n) is 1.23. The first-order valence-electron chi connectivity index (χ1n) is 4.73. The predicted molar refractivity (Wildman–Crippen MR) is 59.3 cm³/mol. The van der Waals surface area contributed by atoms with Crippen molar-refractivity contribution in [1.82, 2.24) is 15.2 Å². The summed E-state index contributed by atoms with van der Waals surface area (Å²) >= 11 is 0. The molecule has 0 aliphatic heterocycles. The molecule has 1 heterocycles. The van der Waals surface area contributed by atoms with E-state index >= 15 is 0 Å². The van der Waals surface area contributed by atoms with Crippen molar-refractivity contribution in [3.8, 4) is 0 Å². The van der Waals surface area contributed by atoms with Gasteiger partial charge in [0.25, 0.3) is 5.91 Å². The van der Waals surface area contributed by atoms with Gasteiger partial charge in [0.05, 0.1) is 0 Å². The van der Waals surface area contributed by atoms with Crippen molar-refractivity contribution in [3.63, 3.8) is 0 Å². The summed E-state index contributed by atoms with van der Waals surface area (Å²) in [6, 6.07) is 5.98. The van der Waals surface area contributed by atoms with Crippen LogP contribution < -0.4 is 11.1 Å². The highest BCUT2D eigenvalue weighted by Crippen LogP contribution is 2.06. The molecule has 0 unspecified atom stereocenters. The number of nitrogens with one attached hydrogen (secondary N) is 2. The van der Waals surface area contributed by atoms with E-state index in [-0.39, 0.29) is 11.9 Å². The molecule has 1 aromatic carbocycles. The average molecular weight is 231 g/mol. The highest BCUT2D eigenvalue weighted by atomic mass is 16.2. The summed E-state index contributed by atoms with van der Waals surface area (Å²) in [5.41, 5.74) is 5.83. The number of carbonyl (C=O) groups excluding carboxylic acids is 2. The molecule has 0 bridgehead atoms. The van der Waals surface area contributed by atoms with Crippen LogP contribution in [0.2, 0.25) is 0 Å². The van der Waals surface area contributed by atoms with E-state index in [1.807, 2.05) is 0 Å². The Kier molecular flexibility index (Phi) is 2.82. The zero-order valence-corrected chi connectivity index (χ0v) is 8.68. The minimum Gasteiger partial charge on any atom is -0.366 e. The molecule has 0 spiro atoms. The number of carbonyl (C=O) groups is 2. The number of aromatic amines is 1. The van der Waals surface area contributed by atoms with E-state index in [4.69, 9.17) is 5.73 Å². The second-order valence-corrected chi connectivity index (χ2v) is 3.23. The summed E-state index contributed by atoms with van der Waals surface area (Å²) in [4.78, 5) is 26.3. The third-order valence-corrected chi connectivity index (χ3v) is 2.08. The standard InChI is InChI=1S/C10H9N5O2/c11-8(16)6-1-3-7(4-2-6)9(17)14-10-12-5-13-15-10/h1-5H,(H2,11,16)(H2,12,13,14,15,17). The van der Waals surface area contributed by atoms with Gasteiger partial charge in [0.2, 0.25) is 11.9 Å². The number of hydrogen-bond donors (Lipinski definition) is 3. The van der Waals surface area contributed by atoms with Crippen molar-refractivity contribution in [2.45, 2.75) is 0 Å². The molecule has 0 saturated carbocycles. The molecule has 7 nitrogen and oxygen atoms in total. The van der Waals surface area contributed by atoms with Gasteiger partial charge in [0.1, 0.15) is 6.33 Å². The van der Waals surface area contributed by atoms with E-state index < -0.39 is 5.91 Å². The van der Waals surface area contributed by atoms with Gasteiger partial charge in [0, 0.05) is 11.1 Å². The lowest BCUT2D eigenvalue weighted by Gasteiger charge is -2.01. The monoisotopic (exact) mass is 231 g/mol. The van der Waals surface area contributed by atoms with Crippen LogP contribution >= 0.6 is 0 Å². The van der Waals surface area contributed by atoms with Crippen molar-refractivity contribution < 1.29 is 9.59 Å². The summed E-state index contributed by atoms with van der Waals surface area (Å²) in [6.45, 7) is 0. The summed E-state index contributed by atoms with van der Waals surface area (Å²) in [5, 5.41) is 8.60. The lowest BCUT2D eigenvalue weighted by atomic mass is 10.1. The topological polar surface area (TPSA) is 114 Å². The van der Waals surface area contributed by atoms with E-state index in [9.17, 15) is 9.59 Å². The normalized spacial score (nSPS) is 9.88. The second-order valence-electron chi connectivity index (χ2n) is 3.23. The van der Waals surface area contributed by atoms with E-state index in [0.29, 0.717) is 11.1 Å². The smallest absolute Gasteiger partial charge is 0.258 e. The summed E-state index contributed by atoms with van der Waals surface area (Å²) < 4.78 is 0. The maximum Gasteiger partial charge on any atom is 0.258 e. The molecule has 1 aromatic heterocycles. The van der Waals surface area contributed by atoms with Crippen LogP contribution in [0.25, 0.3) is 0 Å². The molecule has 17 heavy (non-hydrogen) atoms. The fraction of sp³-hybridized carbons (Fsp3) is 0. The van der Waals surface area contributed by atoms with Crippen LogP contribution in [0.15, 0.2) is 30.6 Å². The molecule has 86 valence electrons. The third-order valence-electron chi connectivity index (χ3n) is 2.08. The average Bonchev–Trinajstić information content (AvgIpc) is 2.82. The first-order valence-corrected chi connectivity index (χ1v) is 4.73. The zero-order valence-electron chi connectivity index (χ0n) is 8.68. The second kappa shape index (κ2) is 4.44. The van der Waals surface area contributed by atoms with E-state index in [1.54, 1.807) is 0 Å². The van der Waals surface area contributed by atoms with Gasteiger partial charge >= 0.3 is 0 Å². The number of anilines is 1.